The van der Waals surface area contributed by atoms with E-state index in [9.17, 15) is 15.0 Å². The highest BCUT2D eigenvalue weighted by molar-refractivity contribution is 5.78. The van der Waals surface area contributed by atoms with Crippen molar-refractivity contribution in [3.63, 3.8) is 0 Å². The van der Waals surface area contributed by atoms with E-state index in [1.54, 1.807) is 0 Å². The molecule has 0 aliphatic heterocycles. The van der Waals surface area contributed by atoms with E-state index < -0.39 is 0 Å². The zero-order chi connectivity index (χ0) is 21.9. The summed E-state index contributed by atoms with van der Waals surface area (Å²) >= 11 is 0. The van der Waals surface area contributed by atoms with Crippen LogP contribution < -0.4 is 0 Å². The van der Waals surface area contributed by atoms with Crippen LogP contribution in [0.5, 0.6) is 0 Å². The van der Waals surface area contributed by atoms with Crippen LogP contribution in [0, 0.1) is 5.41 Å². The van der Waals surface area contributed by atoms with Gasteiger partial charge in [-0.2, -0.15) is 0 Å². The number of carbonyl (C=O) groups excluding carboxylic acids is 1. The summed E-state index contributed by atoms with van der Waals surface area (Å²) in [7, 11) is 0. The standard InChI is InChI=1S/C27H40O3/c1-26(21-28,23-13-5-3-6-14-23)19-11-9-17-25(30)18-10-12-20-27(2,22-29)24-15-7-4-8-16-24/h3-7,13-15,28-29H,8-12,16-22H2,1-2H3. The van der Waals surface area contributed by atoms with Gasteiger partial charge in [-0.05, 0) is 44.1 Å². The molecule has 3 heteroatoms. The van der Waals surface area contributed by atoms with E-state index in [1.807, 2.05) is 18.2 Å². The molecule has 0 radical (unpaired) electrons. The minimum atomic E-state index is -0.234. The molecule has 2 N–H and O–H groups in total. The van der Waals surface area contributed by atoms with Gasteiger partial charge in [-0.25, -0.2) is 0 Å². The van der Waals surface area contributed by atoms with Crippen molar-refractivity contribution in [3.05, 3.63) is 59.7 Å². The fraction of sp³-hybridized carbons (Fsp3) is 0.593. The Bertz CT molecular complexity index is 706. The number of ketones is 1. The zero-order valence-electron chi connectivity index (χ0n) is 18.9. The summed E-state index contributed by atoms with van der Waals surface area (Å²) in [5.74, 6) is 0.339. The van der Waals surface area contributed by atoms with Crippen molar-refractivity contribution >= 4 is 5.78 Å². The van der Waals surface area contributed by atoms with Crippen molar-refractivity contribution in [1.29, 1.82) is 0 Å². The normalized spacial score (nSPS) is 17.8. The highest BCUT2D eigenvalue weighted by Gasteiger charge is 2.28. The van der Waals surface area contributed by atoms with Gasteiger partial charge in [0.15, 0.2) is 0 Å². The molecule has 2 atom stereocenters. The molecule has 1 aliphatic carbocycles. The van der Waals surface area contributed by atoms with Crippen LogP contribution in [-0.4, -0.2) is 29.2 Å². The fourth-order valence-corrected chi connectivity index (χ4v) is 4.40. The molecule has 2 unspecified atom stereocenters. The van der Waals surface area contributed by atoms with Gasteiger partial charge in [0.2, 0.25) is 0 Å². The summed E-state index contributed by atoms with van der Waals surface area (Å²) in [6.45, 7) is 4.54. The quantitative estimate of drug-likeness (QED) is 0.374. The molecule has 30 heavy (non-hydrogen) atoms. The lowest BCUT2D eigenvalue weighted by Crippen LogP contribution is -2.26. The molecule has 0 heterocycles. The van der Waals surface area contributed by atoms with Crippen molar-refractivity contribution < 1.29 is 15.0 Å². The van der Waals surface area contributed by atoms with Gasteiger partial charge in [-0.3, -0.25) is 4.79 Å². The number of hydrogen-bond acceptors (Lipinski definition) is 3. The molecule has 0 amide bonds. The molecule has 0 saturated carbocycles. The van der Waals surface area contributed by atoms with Gasteiger partial charge in [-0.15, -0.1) is 0 Å². The third-order valence-corrected chi connectivity index (χ3v) is 6.83. The van der Waals surface area contributed by atoms with E-state index in [0.717, 1.165) is 56.9 Å². The smallest absolute Gasteiger partial charge is 0.132 e. The number of rotatable bonds is 14. The van der Waals surface area contributed by atoms with Gasteiger partial charge in [-0.1, -0.05) is 80.8 Å². The van der Waals surface area contributed by atoms with Crippen LogP contribution in [0.2, 0.25) is 0 Å². The van der Waals surface area contributed by atoms with Crippen molar-refractivity contribution in [3.8, 4) is 0 Å². The number of aliphatic hydroxyl groups is 2. The van der Waals surface area contributed by atoms with Crippen LogP contribution in [0.25, 0.3) is 0 Å². The Kier molecular flexibility index (Phi) is 10.0. The predicted octanol–water partition coefficient (Wildman–Crippen LogP) is 5.90. The second-order valence-corrected chi connectivity index (χ2v) is 9.42. The van der Waals surface area contributed by atoms with Crippen LogP contribution in [0.15, 0.2) is 54.1 Å². The first-order valence-corrected chi connectivity index (χ1v) is 11.6. The lowest BCUT2D eigenvalue weighted by molar-refractivity contribution is -0.119. The van der Waals surface area contributed by atoms with Crippen LogP contribution in [0.3, 0.4) is 0 Å². The van der Waals surface area contributed by atoms with Gasteiger partial charge < -0.3 is 10.2 Å². The van der Waals surface area contributed by atoms with E-state index in [2.05, 4.69) is 44.2 Å². The molecular weight excluding hydrogens is 372 g/mol. The van der Waals surface area contributed by atoms with Crippen molar-refractivity contribution in [2.24, 2.45) is 5.41 Å². The number of allylic oxidation sites excluding steroid dienone is 3. The third-order valence-electron chi connectivity index (χ3n) is 6.83. The number of carbonyl (C=O) groups is 1. The maximum atomic E-state index is 12.3. The van der Waals surface area contributed by atoms with Crippen molar-refractivity contribution in [2.45, 2.75) is 83.5 Å². The number of Topliss-reactive ketones (excluding diaryl/α,β-unsaturated/α-hetero) is 1. The van der Waals surface area contributed by atoms with Gasteiger partial charge in [0, 0.05) is 23.7 Å². The van der Waals surface area contributed by atoms with Crippen LogP contribution in [0.1, 0.15) is 83.6 Å². The maximum Gasteiger partial charge on any atom is 0.132 e. The average molecular weight is 413 g/mol. The lowest BCUT2D eigenvalue weighted by atomic mass is 9.75. The Morgan fingerprint density at radius 3 is 2.03 bits per heavy atom. The summed E-state index contributed by atoms with van der Waals surface area (Å²) in [5.41, 5.74) is 2.11. The van der Waals surface area contributed by atoms with Crippen LogP contribution in [-0.2, 0) is 10.2 Å². The summed E-state index contributed by atoms with van der Waals surface area (Å²) in [6.07, 6.45) is 15.3. The number of unbranched alkanes of at least 4 members (excludes halogenated alkanes) is 2. The molecule has 3 nitrogen and oxygen atoms in total. The lowest BCUT2D eigenvalue weighted by Gasteiger charge is -2.31. The maximum absolute atomic E-state index is 12.3. The molecule has 1 aliphatic rings. The monoisotopic (exact) mass is 412 g/mol. The number of hydrogen-bond donors (Lipinski definition) is 2. The highest BCUT2D eigenvalue weighted by Crippen LogP contribution is 2.37. The molecular formula is C27H40O3. The largest absolute Gasteiger partial charge is 0.395 e. The summed E-state index contributed by atoms with van der Waals surface area (Å²) in [6, 6.07) is 10.2. The van der Waals surface area contributed by atoms with E-state index >= 15 is 0 Å². The van der Waals surface area contributed by atoms with Gasteiger partial charge in [0.1, 0.15) is 5.78 Å². The SMILES string of the molecule is CC(CO)(CCCCC(=O)CCCCC(C)(CO)c1ccccc1)C1=CC=CCC1. The summed E-state index contributed by atoms with van der Waals surface area (Å²) in [5, 5.41) is 19.8. The van der Waals surface area contributed by atoms with Crippen molar-refractivity contribution in [2.75, 3.05) is 13.2 Å². The molecule has 166 valence electrons. The minimum Gasteiger partial charge on any atom is -0.395 e. The second kappa shape index (κ2) is 12.2. The minimum absolute atomic E-state index is 0.126. The van der Waals surface area contributed by atoms with E-state index in [-0.39, 0.29) is 24.0 Å². The Morgan fingerprint density at radius 1 is 0.900 bits per heavy atom. The molecule has 1 aromatic carbocycles. The van der Waals surface area contributed by atoms with Crippen molar-refractivity contribution in [1.82, 2.24) is 0 Å². The first-order chi connectivity index (χ1) is 14.4. The summed E-state index contributed by atoms with van der Waals surface area (Å²) < 4.78 is 0. The molecule has 1 aromatic rings. The fourth-order valence-electron chi connectivity index (χ4n) is 4.40. The summed E-state index contributed by atoms with van der Waals surface area (Å²) in [4.78, 5) is 12.3. The molecule has 0 saturated heterocycles. The first kappa shape index (κ1) is 24.6. The molecule has 0 aromatic heterocycles. The van der Waals surface area contributed by atoms with Gasteiger partial charge >= 0.3 is 0 Å². The molecule has 2 rings (SSSR count). The Hall–Kier alpha value is -1.71. The van der Waals surface area contributed by atoms with E-state index in [1.165, 1.54) is 5.57 Å². The van der Waals surface area contributed by atoms with E-state index in [4.69, 9.17) is 0 Å². The Balaban J connectivity index is 1.65. The third kappa shape index (κ3) is 7.21. The van der Waals surface area contributed by atoms with Gasteiger partial charge in [0.25, 0.3) is 0 Å². The van der Waals surface area contributed by atoms with E-state index in [0.29, 0.717) is 18.6 Å². The second-order valence-electron chi connectivity index (χ2n) is 9.42. The topological polar surface area (TPSA) is 57.5 Å². The number of benzene rings is 1. The molecule has 0 bridgehead atoms. The highest BCUT2D eigenvalue weighted by atomic mass is 16.3. The Labute approximate surface area is 182 Å². The average Bonchev–Trinajstić information content (AvgIpc) is 2.80. The van der Waals surface area contributed by atoms with Gasteiger partial charge in [0.05, 0.1) is 13.2 Å². The van der Waals surface area contributed by atoms with Crippen LogP contribution in [0.4, 0.5) is 0 Å². The first-order valence-electron chi connectivity index (χ1n) is 11.6. The van der Waals surface area contributed by atoms with Crippen LogP contribution >= 0.6 is 0 Å². The molecule has 0 fully saturated rings. The zero-order valence-corrected chi connectivity index (χ0v) is 18.9. The Morgan fingerprint density at radius 2 is 1.50 bits per heavy atom. The molecule has 0 spiro atoms. The number of aliphatic hydroxyl groups excluding tert-OH is 2. The predicted molar refractivity (Wildman–Crippen MR) is 124 cm³/mol.